The molecule has 4 unspecified atom stereocenters. The number of aromatic nitrogens is 22. The number of halogens is 2. The maximum Gasteiger partial charge on any atom is 0.218 e. The number of nitrogens with one attached hydrogen (secondary N) is 3. The van der Waals surface area contributed by atoms with Crippen LogP contribution in [0.25, 0.3) is 45.8 Å². The Labute approximate surface area is 687 Å². The second kappa shape index (κ2) is 33.5. The highest BCUT2D eigenvalue weighted by Gasteiger charge is 2.46. The summed E-state index contributed by atoms with van der Waals surface area (Å²) < 4.78 is 28.7. The number of hydrogen-bond acceptors (Lipinski definition) is 24. The first-order valence-electron chi connectivity index (χ1n) is 40.3. The van der Waals surface area contributed by atoms with Gasteiger partial charge in [-0.3, -0.25) is 30.1 Å². The Bertz CT molecular complexity index is 5800. The van der Waals surface area contributed by atoms with Crippen LogP contribution in [-0.4, -0.2) is 195 Å². The van der Waals surface area contributed by atoms with Crippen molar-refractivity contribution in [3.8, 4) is 57.4 Å². The van der Waals surface area contributed by atoms with Gasteiger partial charge in [-0.15, -0.1) is 0 Å². The SMILES string of the molecule is Cc1cc(Cc2cc(C)[nH]n2)nc(-c2ccc(N3CC4CC(C3)N4Cc3ccc(-n4ncc(Cl)c4C)nc3)nc2)n1.Cc1cc(Cc2cc(C)[nH]n2)nc(-c2ccc(N3CC4CC(C3)N4Cc3ccc(-n4nccc4OC4CC4)nc3)nc2)n1.Cc1cc(Cc2cc(C)[nH]n2)nc(-c2ccc(N3CCC(Oc4cncc(F)c4)CC3)nc2)n1. The minimum atomic E-state index is -0.389. The molecule has 7 aliphatic heterocycles. The molecule has 0 spiro atoms. The highest BCUT2D eigenvalue weighted by molar-refractivity contribution is 6.31. The van der Waals surface area contributed by atoms with E-state index in [4.69, 9.17) is 51.0 Å². The van der Waals surface area contributed by atoms with Crippen molar-refractivity contribution >= 4 is 29.1 Å². The molecular weight excluding hydrogens is 1510 g/mol. The first-order chi connectivity index (χ1) is 57.4. The lowest BCUT2D eigenvalue weighted by Crippen LogP contribution is -2.68. The van der Waals surface area contributed by atoms with Gasteiger partial charge in [0.1, 0.15) is 41.2 Å². The number of H-pyrrole nitrogens is 3. The van der Waals surface area contributed by atoms with Crippen LogP contribution in [-0.2, 0) is 32.4 Å². The van der Waals surface area contributed by atoms with Gasteiger partial charge in [0.05, 0.1) is 69.7 Å². The van der Waals surface area contributed by atoms with Crippen LogP contribution in [0, 0.1) is 54.3 Å². The Morgan fingerprint density at radius 3 is 1.24 bits per heavy atom. The molecule has 0 amide bonds. The van der Waals surface area contributed by atoms with Crippen molar-refractivity contribution in [2.45, 2.75) is 156 Å². The second-order valence-corrected chi connectivity index (χ2v) is 32.1. The van der Waals surface area contributed by atoms with Crippen molar-refractivity contribution < 1.29 is 13.9 Å². The summed E-state index contributed by atoms with van der Waals surface area (Å²) in [6.45, 7) is 21.2. The third kappa shape index (κ3) is 17.8. The van der Waals surface area contributed by atoms with E-state index in [2.05, 4.69) is 132 Å². The van der Waals surface area contributed by atoms with Crippen molar-refractivity contribution in [2.75, 3.05) is 54.0 Å². The number of piperidine rings is 3. The van der Waals surface area contributed by atoms with E-state index in [1.54, 1.807) is 28.0 Å². The van der Waals surface area contributed by atoms with Gasteiger partial charge in [-0.2, -0.15) is 30.2 Å². The fourth-order valence-corrected chi connectivity index (χ4v) is 16.4. The first-order valence-corrected chi connectivity index (χ1v) is 40.6. The summed E-state index contributed by atoms with van der Waals surface area (Å²) >= 11 is 6.15. The van der Waals surface area contributed by atoms with E-state index in [1.807, 2.05) is 146 Å². The molecule has 21 heterocycles. The van der Waals surface area contributed by atoms with Crippen LogP contribution in [0.15, 0.2) is 165 Å². The lowest BCUT2D eigenvalue weighted by atomic mass is 9.87. The molecule has 4 atom stereocenters. The third-order valence-corrected chi connectivity index (χ3v) is 22.7. The molecule has 0 radical (unpaired) electrons. The summed E-state index contributed by atoms with van der Waals surface area (Å²) in [5, 5.41) is 31.4. The summed E-state index contributed by atoms with van der Waals surface area (Å²) in [4.78, 5) is 68.1. The van der Waals surface area contributed by atoms with Crippen LogP contribution in [0.1, 0.15) is 124 Å². The summed E-state index contributed by atoms with van der Waals surface area (Å²) in [7, 11) is 0. The number of rotatable bonds is 22. The summed E-state index contributed by atoms with van der Waals surface area (Å²) in [6.07, 6.45) is 24.4. The maximum atomic E-state index is 13.3. The van der Waals surface area contributed by atoms with E-state index in [-0.39, 0.29) is 11.9 Å². The van der Waals surface area contributed by atoms with Gasteiger partial charge in [0, 0.05) is 203 Å². The van der Waals surface area contributed by atoms with Crippen molar-refractivity contribution in [1.82, 2.24) is 120 Å². The zero-order valence-corrected chi connectivity index (χ0v) is 67.6. The van der Waals surface area contributed by atoms with Crippen molar-refractivity contribution in [3.63, 3.8) is 0 Å². The number of hydrogen-bond donors (Lipinski definition) is 3. The monoisotopic (exact) mass is 1600 g/mol. The highest BCUT2D eigenvalue weighted by atomic mass is 35.5. The third-order valence-electron chi connectivity index (χ3n) is 22.3. The largest absolute Gasteiger partial charge is 0.489 e. The first kappa shape index (κ1) is 76.6. The molecule has 29 nitrogen and oxygen atoms in total. The molecule has 1 saturated carbocycles. The fourth-order valence-electron chi connectivity index (χ4n) is 16.3. The van der Waals surface area contributed by atoms with Crippen LogP contribution >= 0.6 is 11.6 Å². The molecule has 8 fully saturated rings. The minimum absolute atomic E-state index is 0.0385. The zero-order valence-electron chi connectivity index (χ0n) is 66.9. The number of piperazine rings is 2. The molecule has 7 saturated heterocycles. The Morgan fingerprint density at radius 2 is 0.847 bits per heavy atom. The van der Waals surface area contributed by atoms with E-state index in [9.17, 15) is 4.39 Å². The Kier molecular flexibility index (Phi) is 21.8. The van der Waals surface area contributed by atoms with Gasteiger partial charge in [0.2, 0.25) is 5.88 Å². The smallest absolute Gasteiger partial charge is 0.218 e. The van der Waals surface area contributed by atoms with Gasteiger partial charge >= 0.3 is 0 Å². The van der Waals surface area contributed by atoms with Crippen LogP contribution in [0.3, 0.4) is 0 Å². The molecule has 31 heteroatoms. The number of aromatic amines is 3. The Morgan fingerprint density at radius 1 is 0.415 bits per heavy atom. The minimum Gasteiger partial charge on any atom is -0.489 e. The van der Waals surface area contributed by atoms with Crippen LogP contribution in [0.2, 0.25) is 5.02 Å². The number of nitrogens with zero attached hydrogens (tertiary/aromatic N) is 24. The average Bonchev–Trinajstić information content (AvgIpc) is 0.906. The standard InChI is InChI=1S/C32H34N10O.C30H31ClN10.C25H26FN7O/c1-20-11-24(13-25-12-21(2)38-39-25)37-32(36-20)23-4-8-29(34-16-23)40-18-26-14-27(19-40)41(26)17-22-3-7-30(33-15-22)42-31(9-10-35-42)43-28-5-6-28;1-18-8-23(10-24-9-19(2)37-38-24)36-30(35-18)22-5-7-28(33-13-22)39-16-25-11-26(17-39)40(25)15-21-4-6-29(32-12-21)41-20(3)27(31)14-34-41;1-16-9-20(12-21-10-17(2)31-32-21)30-25(29-16)18-3-4-24(28-13-18)33-7-5-22(6-8-33)34-23-11-19(26)14-27-15-23/h3-4,7-12,15-16,26-28H,5-6,13-14,17-19H2,1-2H3,(H,38,39);4-9,12-14,25-26H,10-11,15-17H2,1-3H3,(H,37,38);3-4,9-11,13-15,22H,5-8,12H2,1-2H3,(H,31,32). The summed E-state index contributed by atoms with van der Waals surface area (Å²) in [5.74, 6) is 7.40. The van der Waals surface area contributed by atoms with Gasteiger partial charge in [-0.1, -0.05) is 23.7 Å². The molecule has 14 aromatic heterocycles. The number of pyridine rings is 6. The molecule has 0 aromatic carbocycles. The van der Waals surface area contributed by atoms with E-state index in [0.29, 0.717) is 77.8 Å². The second-order valence-electron chi connectivity index (χ2n) is 31.7. The number of fused-ring (bicyclic) bond motifs is 4. The van der Waals surface area contributed by atoms with Crippen molar-refractivity contribution in [3.05, 3.63) is 261 Å². The van der Waals surface area contributed by atoms with E-state index >= 15 is 0 Å². The topological polar surface area (TPSA) is 311 Å². The fraction of sp³-hybridized carbons (Fsp3) is 0.345. The molecular formula is C87H91ClFN27O2. The molecule has 118 heavy (non-hydrogen) atoms. The molecule has 4 bridgehead atoms. The van der Waals surface area contributed by atoms with Gasteiger partial charge in [-0.25, -0.2) is 63.9 Å². The van der Waals surface area contributed by atoms with Crippen LogP contribution in [0.5, 0.6) is 11.6 Å². The Hall–Kier alpha value is -12.7. The molecule has 3 N–H and O–H groups in total. The van der Waals surface area contributed by atoms with E-state index in [1.165, 1.54) is 36.2 Å². The van der Waals surface area contributed by atoms with Crippen molar-refractivity contribution in [1.29, 1.82) is 0 Å². The number of ether oxygens (including phenoxy) is 2. The van der Waals surface area contributed by atoms with Gasteiger partial charge in [0.15, 0.2) is 29.1 Å². The summed E-state index contributed by atoms with van der Waals surface area (Å²) in [6, 6.07) is 38.2. The molecule has 14 aromatic rings. The molecule has 1 aliphatic carbocycles. The van der Waals surface area contributed by atoms with Crippen LogP contribution in [0.4, 0.5) is 21.8 Å². The van der Waals surface area contributed by atoms with Crippen molar-refractivity contribution in [2.24, 2.45) is 0 Å². The normalized spacial score (nSPS) is 17.8. The Balaban J connectivity index is 0.000000123. The summed E-state index contributed by atoms with van der Waals surface area (Å²) in [5.41, 5.74) is 17.7. The maximum absolute atomic E-state index is 13.3. The van der Waals surface area contributed by atoms with E-state index < -0.39 is 0 Å². The molecule has 8 aliphatic rings. The van der Waals surface area contributed by atoms with Crippen LogP contribution < -0.4 is 24.2 Å². The number of anilines is 3. The van der Waals surface area contributed by atoms with Gasteiger partial charge in [-0.05, 0) is 170 Å². The lowest BCUT2D eigenvalue weighted by molar-refractivity contribution is -0.00877. The highest BCUT2D eigenvalue weighted by Crippen LogP contribution is 2.39. The predicted octanol–water partition coefficient (Wildman–Crippen LogP) is 12.6. The number of aryl methyl sites for hydroxylation is 6. The average molecular weight is 1600 g/mol. The zero-order chi connectivity index (χ0) is 80.5. The lowest BCUT2D eigenvalue weighted by Gasteiger charge is -2.56. The van der Waals surface area contributed by atoms with Gasteiger partial charge in [0.25, 0.3) is 0 Å². The molecule has 22 rings (SSSR count). The predicted molar refractivity (Wildman–Crippen MR) is 444 cm³/mol. The quantitative estimate of drug-likeness (QED) is 0.0567. The van der Waals surface area contributed by atoms with Gasteiger partial charge < -0.3 is 24.2 Å². The molecule has 600 valence electrons. The van der Waals surface area contributed by atoms with E-state index in [0.717, 1.165) is 204 Å².